The minimum absolute atomic E-state index is 0.0366. The van der Waals surface area contributed by atoms with Crippen molar-refractivity contribution in [3.63, 3.8) is 0 Å². The number of methoxy groups -OCH3 is 2. The first kappa shape index (κ1) is 18.6. The standard InChI is InChI=1S/C18H17NO8/c1-25-17(23)8-5-9(18(24)26-2)7-10(6-8)19-15(20)13-11-3-4-12(27-11)14(13)16(21)22/h3-7,11-14H,1-2H3,(H,19,20)(H,21,22)/t11-,12+,13+,14-/m0/s1. The number of amides is 1. The second-order valence-electron chi connectivity index (χ2n) is 6.11. The molecule has 1 saturated heterocycles. The van der Waals surface area contributed by atoms with Crippen molar-refractivity contribution in [1.82, 2.24) is 0 Å². The van der Waals surface area contributed by atoms with Crippen LogP contribution in [0.2, 0.25) is 0 Å². The van der Waals surface area contributed by atoms with E-state index in [0.29, 0.717) is 0 Å². The van der Waals surface area contributed by atoms with E-state index in [-0.39, 0.29) is 16.8 Å². The number of hydrogen-bond donors (Lipinski definition) is 2. The molecular weight excluding hydrogens is 358 g/mol. The number of nitrogens with one attached hydrogen (secondary N) is 1. The molecule has 9 nitrogen and oxygen atoms in total. The number of rotatable bonds is 5. The highest BCUT2D eigenvalue weighted by Gasteiger charge is 2.53. The van der Waals surface area contributed by atoms with Crippen molar-refractivity contribution in [2.75, 3.05) is 19.5 Å². The average molecular weight is 375 g/mol. The second kappa shape index (κ2) is 7.20. The maximum Gasteiger partial charge on any atom is 0.337 e. The van der Waals surface area contributed by atoms with Gasteiger partial charge in [-0.15, -0.1) is 0 Å². The molecule has 4 atom stereocenters. The molecule has 9 heteroatoms. The first-order valence-electron chi connectivity index (χ1n) is 8.05. The number of fused-ring (bicyclic) bond motifs is 2. The van der Waals surface area contributed by atoms with Crippen molar-refractivity contribution >= 4 is 29.5 Å². The van der Waals surface area contributed by atoms with E-state index in [0.717, 1.165) is 0 Å². The summed E-state index contributed by atoms with van der Waals surface area (Å²) < 4.78 is 14.8. The fraction of sp³-hybridized carbons (Fsp3) is 0.333. The van der Waals surface area contributed by atoms with Crippen LogP contribution in [0.1, 0.15) is 20.7 Å². The fourth-order valence-electron chi connectivity index (χ4n) is 3.31. The molecule has 1 aromatic rings. The first-order valence-corrected chi connectivity index (χ1v) is 8.05. The summed E-state index contributed by atoms with van der Waals surface area (Å²) in [7, 11) is 2.36. The summed E-state index contributed by atoms with van der Waals surface area (Å²) in [4.78, 5) is 47.9. The molecule has 0 aliphatic carbocycles. The van der Waals surface area contributed by atoms with Crippen LogP contribution >= 0.6 is 0 Å². The predicted octanol–water partition coefficient (Wildman–Crippen LogP) is 0.852. The van der Waals surface area contributed by atoms with E-state index < -0.39 is 47.9 Å². The lowest BCUT2D eigenvalue weighted by Gasteiger charge is -2.21. The number of anilines is 1. The Balaban J connectivity index is 1.89. The van der Waals surface area contributed by atoms with Crippen LogP contribution in [-0.2, 0) is 23.8 Å². The van der Waals surface area contributed by atoms with E-state index in [1.807, 2.05) is 0 Å². The van der Waals surface area contributed by atoms with Gasteiger partial charge in [-0.2, -0.15) is 0 Å². The van der Waals surface area contributed by atoms with E-state index in [4.69, 9.17) is 4.74 Å². The SMILES string of the molecule is COC(=O)c1cc(NC(=O)[C@H]2[C@@H](C(=O)O)[C@H]3C=C[C@@H]2O3)cc(C(=O)OC)c1. The average Bonchev–Trinajstić information content (AvgIpc) is 3.27. The Hall–Kier alpha value is -3.20. The lowest BCUT2D eigenvalue weighted by Crippen LogP contribution is -2.39. The van der Waals surface area contributed by atoms with Crippen LogP contribution in [0.25, 0.3) is 0 Å². The number of carbonyl (C=O) groups excluding carboxylic acids is 3. The summed E-state index contributed by atoms with van der Waals surface area (Å²) in [5.74, 6) is -5.07. The number of carboxylic acid groups (broad SMARTS) is 1. The Kier molecular flexibility index (Phi) is 4.95. The highest BCUT2D eigenvalue weighted by Crippen LogP contribution is 2.40. The Morgan fingerprint density at radius 3 is 1.93 bits per heavy atom. The van der Waals surface area contributed by atoms with Gasteiger partial charge in [0.25, 0.3) is 0 Å². The van der Waals surface area contributed by atoms with Gasteiger partial charge in [0.2, 0.25) is 5.91 Å². The van der Waals surface area contributed by atoms with E-state index in [1.165, 1.54) is 32.4 Å². The maximum absolute atomic E-state index is 12.7. The molecule has 2 N–H and O–H groups in total. The van der Waals surface area contributed by atoms with Gasteiger partial charge in [-0.3, -0.25) is 9.59 Å². The minimum atomic E-state index is -1.13. The third-order valence-corrected chi connectivity index (χ3v) is 4.53. The number of ether oxygens (including phenoxy) is 3. The number of benzene rings is 1. The summed E-state index contributed by atoms with van der Waals surface area (Å²) in [6.07, 6.45) is 1.98. The lowest BCUT2D eigenvalue weighted by atomic mass is 9.82. The molecule has 142 valence electrons. The van der Waals surface area contributed by atoms with Gasteiger partial charge in [0, 0.05) is 5.69 Å². The molecule has 1 amide bonds. The summed E-state index contributed by atoms with van der Waals surface area (Å²) in [5, 5.41) is 12.0. The summed E-state index contributed by atoms with van der Waals surface area (Å²) in [6.45, 7) is 0. The highest BCUT2D eigenvalue weighted by atomic mass is 16.5. The van der Waals surface area contributed by atoms with E-state index in [1.54, 1.807) is 12.2 Å². The van der Waals surface area contributed by atoms with Crippen LogP contribution < -0.4 is 5.32 Å². The normalized spacial score (nSPS) is 25.1. The molecule has 3 rings (SSSR count). The van der Waals surface area contributed by atoms with Crippen LogP contribution in [0.15, 0.2) is 30.4 Å². The van der Waals surface area contributed by atoms with Crippen molar-refractivity contribution in [3.05, 3.63) is 41.5 Å². The Bertz CT molecular complexity index is 812. The number of carboxylic acids is 1. The predicted molar refractivity (Wildman–Crippen MR) is 90.2 cm³/mol. The molecule has 0 unspecified atom stereocenters. The molecule has 27 heavy (non-hydrogen) atoms. The van der Waals surface area contributed by atoms with Crippen LogP contribution in [0, 0.1) is 11.8 Å². The van der Waals surface area contributed by atoms with Gasteiger partial charge in [-0.05, 0) is 18.2 Å². The van der Waals surface area contributed by atoms with Crippen molar-refractivity contribution in [2.24, 2.45) is 11.8 Å². The monoisotopic (exact) mass is 375 g/mol. The Morgan fingerprint density at radius 2 is 1.44 bits per heavy atom. The number of esters is 2. The zero-order valence-corrected chi connectivity index (χ0v) is 14.5. The van der Waals surface area contributed by atoms with Gasteiger partial charge in [-0.25, -0.2) is 9.59 Å². The van der Waals surface area contributed by atoms with Crippen molar-refractivity contribution < 1.29 is 38.5 Å². The molecule has 1 aromatic carbocycles. The van der Waals surface area contributed by atoms with Gasteiger partial charge in [-0.1, -0.05) is 12.2 Å². The van der Waals surface area contributed by atoms with E-state index >= 15 is 0 Å². The Morgan fingerprint density at radius 1 is 0.926 bits per heavy atom. The number of hydrogen-bond acceptors (Lipinski definition) is 7. The third kappa shape index (κ3) is 3.41. The number of aliphatic carboxylic acids is 1. The van der Waals surface area contributed by atoms with E-state index in [9.17, 15) is 24.3 Å². The van der Waals surface area contributed by atoms with Crippen molar-refractivity contribution in [2.45, 2.75) is 12.2 Å². The highest BCUT2D eigenvalue weighted by molar-refractivity contribution is 6.01. The van der Waals surface area contributed by atoms with Crippen molar-refractivity contribution in [3.8, 4) is 0 Å². The summed E-state index contributed by atoms with van der Waals surface area (Å²) >= 11 is 0. The van der Waals surface area contributed by atoms with Gasteiger partial charge in [0.05, 0.1) is 43.5 Å². The molecule has 0 radical (unpaired) electrons. The maximum atomic E-state index is 12.7. The quantitative estimate of drug-likeness (QED) is 0.573. The van der Waals surface area contributed by atoms with Gasteiger partial charge in [0.1, 0.15) is 5.92 Å². The smallest absolute Gasteiger partial charge is 0.337 e. The topological polar surface area (TPSA) is 128 Å². The first-order chi connectivity index (χ1) is 12.8. The number of carbonyl (C=O) groups is 4. The fourth-order valence-corrected chi connectivity index (χ4v) is 3.31. The molecule has 0 aromatic heterocycles. The van der Waals surface area contributed by atoms with Gasteiger partial charge in [0.15, 0.2) is 0 Å². The molecule has 2 bridgehead atoms. The zero-order chi connectivity index (χ0) is 19.7. The minimum Gasteiger partial charge on any atom is -0.481 e. The molecular formula is C18H17NO8. The largest absolute Gasteiger partial charge is 0.481 e. The van der Waals surface area contributed by atoms with E-state index in [2.05, 4.69) is 14.8 Å². The van der Waals surface area contributed by atoms with Crippen LogP contribution in [0.3, 0.4) is 0 Å². The summed E-state index contributed by atoms with van der Waals surface area (Å²) in [6, 6.07) is 3.93. The molecule has 0 spiro atoms. The van der Waals surface area contributed by atoms with Crippen molar-refractivity contribution in [1.29, 1.82) is 0 Å². The van der Waals surface area contributed by atoms with Crippen LogP contribution in [0.5, 0.6) is 0 Å². The molecule has 0 saturated carbocycles. The van der Waals surface area contributed by atoms with Crippen LogP contribution in [-0.4, -0.2) is 55.3 Å². The van der Waals surface area contributed by atoms with Gasteiger partial charge < -0.3 is 24.6 Å². The third-order valence-electron chi connectivity index (χ3n) is 4.53. The molecule has 2 aliphatic rings. The van der Waals surface area contributed by atoms with Gasteiger partial charge >= 0.3 is 17.9 Å². The lowest BCUT2D eigenvalue weighted by molar-refractivity contribution is -0.145. The summed E-state index contributed by atoms with van der Waals surface area (Å²) in [5.41, 5.74) is 0.211. The Labute approximate surface area is 153 Å². The molecule has 2 heterocycles. The molecule has 1 fully saturated rings. The van der Waals surface area contributed by atoms with Crippen LogP contribution in [0.4, 0.5) is 5.69 Å². The molecule has 2 aliphatic heterocycles. The zero-order valence-electron chi connectivity index (χ0n) is 14.5. The second-order valence-corrected chi connectivity index (χ2v) is 6.11.